The first-order valence-electron chi connectivity index (χ1n) is 25.5. The number of amides is 5. The van der Waals surface area contributed by atoms with E-state index in [-0.39, 0.29) is 43.7 Å². The van der Waals surface area contributed by atoms with Crippen molar-refractivity contribution in [1.82, 2.24) is 35.0 Å². The van der Waals surface area contributed by atoms with Crippen LogP contribution in [0, 0.1) is 17.3 Å². The van der Waals surface area contributed by atoms with Gasteiger partial charge in [0.2, 0.25) is 17.7 Å². The number of hydrazine groups is 1. The number of esters is 1. The minimum absolute atomic E-state index is 0.0665. The highest BCUT2D eigenvalue weighted by Gasteiger charge is 2.40. The smallest absolute Gasteiger partial charge is 0.415 e. The average Bonchev–Trinajstić information content (AvgIpc) is 3.99. The SMILES string of the molecule is C=CC(=O)N1CC[C@H](C(=O)N(C)[C@H](C(=O)N[C@H]2Cc3cc(OC(=O)N(C)CC(=O)O)cc(c3)-c3ccc4c(c3)c(c(-c3ccccc3CCOC)n4CC)CC(C)(C)COC(=O)[C@@H]3CCCN(N3)C2=O)C(C)C)C1. The Morgan fingerprint density at radius 3 is 2.47 bits per heavy atom. The molecular formula is C56H71N7O11. The zero-order chi connectivity index (χ0) is 53.6. The molecule has 2 saturated heterocycles. The van der Waals surface area contributed by atoms with Gasteiger partial charge in [0.1, 0.15) is 30.4 Å². The number of likely N-dealkylation sites (tertiary alicyclic amines) is 1. The van der Waals surface area contributed by atoms with Crippen LogP contribution in [0.25, 0.3) is 33.3 Å². The fraction of sp³-hybridized carbons (Fsp3) is 0.482. The number of likely N-dealkylation sites (N-methyl/N-ethyl adjacent to an activating group) is 2. The minimum Gasteiger partial charge on any atom is -0.480 e. The molecule has 0 saturated carbocycles. The van der Waals surface area contributed by atoms with Crippen molar-refractivity contribution in [3.8, 4) is 28.1 Å². The molecule has 6 bridgehead atoms. The summed E-state index contributed by atoms with van der Waals surface area (Å²) >= 11 is 0. The molecule has 7 rings (SSSR count). The van der Waals surface area contributed by atoms with Crippen molar-refractivity contribution >= 4 is 52.6 Å². The van der Waals surface area contributed by atoms with Crippen LogP contribution in [0.15, 0.2) is 73.3 Å². The lowest BCUT2D eigenvalue weighted by atomic mass is 9.83. The summed E-state index contributed by atoms with van der Waals surface area (Å²) in [4.78, 5) is 99.2. The number of aryl methyl sites for hydroxylation is 1. The lowest BCUT2D eigenvalue weighted by Crippen LogP contribution is -2.62. The summed E-state index contributed by atoms with van der Waals surface area (Å²) in [5, 5.41) is 14.8. The van der Waals surface area contributed by atoms with Crippen LogP contribution in [0.4, 0.5) is 4.79 Å². The third kappa shape index (κ3) is 12.3. The number of nitrogens with zero attached hydrogens (tertiary/aromatic N) is 5. The van der Waals surface area contributed by atoms with Crippen LogP contribution >= 0.6 is 0 Å². The second kappa shape index (κ2) is 23.4. The first-order valence-corrected chi connectivity index (χ1v) is 25.5. The van der Waals surface area contributed by atoms with Gasteiger partial charge in [0.15, 0.2) is 0 Å². The summed E-state index contributed by atoms with van der Waals surface area (Å²) in [6.45, 7) is 14.8. The van der Waals surface area contributed by atoms with E-state index in [0.29, 0.717) is 62.9 Å². The molecule has 74 heavy (non-hydrogen) atoms. The van der Waals surface area contributed by atoms with E-state index in [1.54, 1.807) is 45.0 Å². The Hall–Kier alpha value is -7.05. The van der Waals surface area contributed by atoms with Crippen LogP contribution < -0.4 is 15.5 Å². The van der Waals surface area contributed by atoms with E-state index in [4.69, 9.17) is 14.2 Å². The zero-order valence-electron chi connectivity index (χ0n) is 43.9. The van der Waals surface area contributed by atoms with Gasteiger partial charge in [-0.3, -0.25) is 38.7 Å². The Bertz CT molecular complexity index is 2800. The molecule has 4 atom stereocenters. The van der Waals surface area contributed by atoms with Gasteiger partial charge in [-0.2, -0.15) is 0 Å². The topological polar surface area (TPSA) is 209 Å². The fourth-order valence-electron chi connectivity index (χ4n) is 10.6. The number of ether oxygens (including phenoxy) is 3. The molecule has 3 aliphatic rings. The van der Waals surface area contributed by atoms with Crippen molar-refractivity contribution in [3.63, 3.8) is 0 Å². The number of rotatable bonds is 14. The largest absolute Gasteiger partial charge is 0.480 e. The van der Waals surface area contributed by atoms with E-state index in [1.165, 1.54) is 23.0 Å². The first-order chi connectivity index (χ1) is 35.2. The number of methoxy groups -OCH3 is 1. The zero-order valence-corrected chi connectivity index (χ0v) is 43.9. The van der Waals surface area contributed by atoms with Crippen LogP contribution in [0.2, 0.25) is 0 Å². The van der Waals surface area contributed by atoms with Crippen LogP contribution in [0.5, 0.6) is 5.75 Å². The molecule has 1 aromatic heterocycles. The third-order valence-corrected chi connectivity index (χ3v) is 14.3. The predicted molar refractivity (Wildman–Crippen MR) is 279 cm³/mol. The number of hydrogen-bond acceptors (Lipinski definition) is 11. The molecule has 4 heterocycles. The van der Waals surface area contributed by atoms with Crippen molar-refractivity contribution in [1.29, 1.82) is 0 Å². The second-order valence-corrected chi connectivity index (χ2v) is 20.8. The van der Waals surface area contributed by atoms with E-state index < -0.39 is 71.8 Å². The van der Waals surface area contributed by atoms with E-state index in [2.05, 4.69) is 66.9 Å². The number of carbonyl (C=O) groups excluding carboxylic acids is 6. The molecule has 2 fully saturated rings. The summed E-state index contributed by atoms with van der Waals surface area (Å²) in [7, 11) is 4.54. The molecule has 3 N–H and O–H groups in total. The van der Waals surface area contributed by atoms with Crippen LogP contribution in [-0.2, 0) is 64.0 Å². The highest BCUT2D eigenvalue weighted by Crippen LogP contribution is 2.42. The quantitative estimate of drug-likeness (QED) is 0.100. The van der Waals surface area contributed by atoms with Gasteiger partial charge in [0.05, 0.1) is 24.8 Å². The molecular weight excluding hydrogens is 947 g/mol. The van der Waals surface area contributed by atoms with Gasteiger partial charge in [-0.15, -0.1) is 0 Å². The average molecular weight is 1020 g/mol. The number of benzene rings is 3. The minimum atomic E-state index is -1.29. The normalized spacial score (nSPS) is 19.3. The Kier molecular flexibility index (Phi) is 17.3. The molecule has 0 spiro atoms. The monoisotopic (exact) mass is 1020 g/mol. The number of aromatic nitrogens is 1. The van der Waals surface area contributed by atoms with Gasteiger partial charge in [0.25, 0.3) is 5.91 Å². The fourth-order valence-corrected chi connectivity index (χ4v) is 10.6. The maximum absolute atomic E-state index is 15.0. The number of carboxylic acids is 1. The lowest BCUT2D eigenvalue weighted by Gasteiger charge is -2.37. The van der Waals surface area contributed by atoms with Crippen molar-refractivity contribution in [2.24, 2.45) is 17.3 Å². The van der Waals surface area contributed by atoms with Gasteiger partial charge in [-0.05, 0) is 103 Å². The molecule has 0 radical (unpaired) electrons. The summed E-state index contributed by atoms with van der Waals surface area (Å²) in [5.74, 6) is -4.40. The number of nitrogens with one attached hydrogen (secondary N) is 2. The number of hydrogen-bond donors (Lipinski definition) is 3. The van der Waals surface area contributed by atoms with Gasteiger partial charge in [0, 0.05) is 75.7 Å². The maximum Gasteiger partial charge on any atom is 0.415 e. The Balaban J connectivity index is 1.37. The Labute approximate surface area is 432 Å². The molecule has 0 unspecified atom stereocenters. The summed E-state index contributed by atoms with van der Waals surface area (Å²) in [6, 6.07) is 16.3. The molecule has 396 valence electrons. The first kappa shape index (κ1) is 54.7. The third-order valence-electron chi connectivity index (χ3n) is 14.3. The van der Waals surface area contributed by atoms with Gasteiger partial charge in [-0.25, -0.2) is 10.2 Å². The summed E-state index contributed by atoms with van der Waals surface area (Å²) in [6.07, 6.45) is 2.59. The number of carbonyl (C=O) groups is 7. The van der Waals surface area contributed by atoms with Crippen molar-refractivity contribution < 1.29 is 52.9 Å². The van der Waals surface area contributed by atoms with Gasteiger partial charge in [-0.1, -0.05) is 70.7 Å². The molecule has 18 nitrogen and oxygen atoms in total. The van der Waals surface area contributed by atoms with Gasteiger partial charge < -0.3 is 39.0 Å². The van der Waals surface area contributed by atoms with Crippen LogP contribution in [0.1, 0.15) is 70.6 Å². The molecule has 18 heteroatoms. The molecule has 5 amide bonds. The number of carboxylic acid groups (broad SMARTS) is 1. The number of cyclic esters (lactones) is 1. The molecule has 3 aromatic carbocycles. The predicted octanol–water partition coefficient (Wildman–Crippen LogP) is 5.87. The van der Waals surface area contributed by atoms with Gasteiger partial charge >= 0.3 is 18.0 Å². The maximum atomic E-state index is 15.0. The Morgan fingerprint density at radius 1 is 1.01 bits per heavy atom. The van der Waals surface area contributed by atoms with E-state index in [1.807, 2.05) is 24.3 Å². The van der Waals surface area contributed by atoms with Crippen molar-refractivity contribution in [2.45, 2.75) is 97.8 Å². The molecule has 3 aliphatic heterocycles. The van der Waals surface area contributed by atoms with Crippen LogP contribution in [0.3, 0.4) is 0 Å². The van der Waals surface area contributed by atoms with E-state index in [9.17, 15) is 38.7 Å². The highest BCUT2D eigenvalue weighted by molar-refractivity contribution is 5.96. The summed E-state index contributed by atoms with van der Waals surface area (Å²) in [5.41, 5.74) is 9.56. The van der Waals surface area contributed by atoms with Crippen molar-refractivity contribution in [2.75, 3.05) is 60.6 Å². The highest BCUT2D eigenvalue weighted by atomic mass is 16.6. The van der Waals surface area contributed by atoms with E-state index >= 15 is 0 Å². The van der Waals surface area contributed by atoms with Crippen LogP contribution in [-0.4, -0.2) is 150 Å². The van der Waals surface area contributed by atoms with Crippen molar-refractivity contribution in [3.05, 3.63) is 90.0 Å². The number of fused-ring (bicyclic) bond motifs is 6. The second-order valence-electron chi connectivity index (χ2n) is 20.8. The molecule has 0 aliphatic carbocycles. The standard InChI is InChI=1S/C56H71N7O11/c1-10-47(64)61-23-20-38(31-61)52(68)60(8)49(34(3)4)51(67)57-45-27-35-25-39(28-40(26-35)74-55(71)59(7)32-48(65)66)37-18-19-46-42(29-37)43(50(62(46)11-2)41-16-13-12-15-36(41)21-24-72-9)30-56(5,6)33-73-54(70)44-17-14-22-63(58-44)53(45)69/h10,12-13,15-16,18-19,25-26,28-29,34,38,44-45,49,58H,1,11,14,17,20-24,27,30-33H2,2-9H3,(H,57,67)(H,65,66)/t38-,44-,45-,49-/m0/s1. The number of aliphatic carboxylic acids is 1. The lowest BCUT2D eigenvalue weighted by molar-refractivity contribution is -0.155. The van der Waals surface area contributed by atoms with E-state index in [0.717, 1.165) is 43.8 Å². The summed E-state index contributed by atoms with van der Waals surface area (Å²) < 4.78 is 19.9. The molecule has 4 aromatic rings. The Morgan fingerprint density at radius 2 is 1.77 bits per heavy atom.